The highest BCUT2D eigenvalue weighted by molar-refractivity contribution is 7.89. The zero-order valence-electron chi connectivity index (χ0n) is 7.90. The molecule has 1 aromatic carbocycles. The highest BCUT2D eigenvalue weighted by atomic mass is 35.5. The Balaban J connectivity index is 3.10. The average molecular weight is 247 g/mol. The summed E-state index contributed by atoms with van der Waals surface area (Å²) in [4.78, 5) is 0.0220. The second-order valence-electron chi connectivity index (χ2n) is 2.82. The first-order valence-electron chi connectivity index (χ1n) is 4.13. The van der Waals surface area contributed by atoms with Gasteiger partial charge in [-0.3, -0.25) is 0 Å². The Bertz CT molecular complexity index is 471. The summed E-state index contributed by atoms with van der Waals surface area (Å²) in [5.74, 6) is 0. The van der Waals surface area contributed by atoms with E-state index in [4.69, 9.17) is 17.3 Å². The maximum Gasteiger partial charge on any atom is 0.242 e. The van der Waals surface area contributed by atoms with Crippen LogP contribution in [0.15, 0.2) is 35.7 Å². The van der Waals surface area contributed by atoms with Gasteiger partial charge in [0.1, 0.15) is 4.90 Å². The van der Waals surface area contributed by atoms with Gasteiger partial charge in [0.05, 0.1) is 5.69 Å². The Kier molecular flexibility index (Phi) is 3.73. The SMILES string of the molecule is C=CCNS(=O)(=O)c1ccc(Cl)cc1N. The highest BCUT2D eigenvalue weighted by Crippen LogP contribution is 2.21. The van der Waals surface area contributed by atoms with Crippen molar-refractivity contribution in [2.45, 2.75) is 4.90 Å². The Labute approximate surface area is 93.8 Å². The van der Waals surface area contributed by atoms with Crippen LogP contribution in [0.3, 0.4) is 0 Å². The Morgan fingerprint density at radius 2 is 2.20 bits per heavy atom. The molecule has 0 spiro atoms. The van der Waals surface area contributed by atoms with Gasteiger partial charge in [-0.25, -0.2) is 13.1 Å². The third-order valence-electron chi connectivity index (χ3n) is 1.68. The van der Waals surface area contributed by atoms with Crippen LogP contribution in [0.5, 0.6) is 0 Å². The number of hydrogen-bond acceptors (Lipinski definition) is 3. The number of anilines is 1. The van der Waals surface area contributed by atoms with Crippen LogP contribution in [-0.2, 0) is 10.0 Å². The van der Waals surface area contributed by atoms with Gasteiger partial charge in [-0.15, -0.1) is 6.58 Å². The van der Waals surface area contributed by atoms with E-state index in [1.165, 1.54) is 24.3 Å². The smallest absolute Gasteiger partial charge is 0.242 e. The molecule has 6 heteroatoms. The first-order chi connectivity index (χ1) is 6.97. The summed E-state index contributed by atoms with van der Waals surface area (Å²) in [6, 6.07) is 4.23. The number of nitrogens with two attached hydrogens (primary N) is 1. The van der Waals surface area contributed by atoms with Gasteiger partial charge in [-0.05, 0) is 18.2 Å². The zero-order valence-corrected chi connectivity index (χ0v) is 9.48. The van der Waals surface area contributed by atoms with E-state index >= 15 is 0 Å². The minimum absolute atomic E-state index is 0.0220. The molecule has 0 fully saturated rings. The topological polar surface area (TPSA) is 72.2 Å². The molecular weight excluding hydrogens is 236 g/mol. The molecule has 0 amide bonds. The number of hydrogen-bond donors (Lipinski definition) is 2. The summed E-state index contributed by atoms with van der Waals surface area (Å²) < 4.78 is 25.6. The van der Waals surface area contributed by atoms with Gasteiger partial charge in [-0.1, -0.05) is 17.7 Å². The third kappa shape index (κ3) is 2.95. The van der Waals surface area contributed by atoms with E-state index in [-0.39, 0.29) is 17.1 Å². The summed E-state index contributed by atoms with van der Waals surface area (Å²) in [7, 11) is -3.57. The summed E-state index contributed by atoms with van der Waals surface area (Å²) in [6.45, 7) is 3.57. The molecule has 0 saturated carbocycles. The molecule has 0 saturated heterocycles. The van der Waals surface area contributed by atoms with E-state index in [0.29, 0.717) is 5.02 Å². The van der Waals surface area contributed by atoms with Crippen molar-refractivity contribution in [3.05, 3.63) is 35.9 Å². The molecule has 0 aliphatic heterocycles. The second kappa shape index (κ2) is 4.65. The van der Waals surface area contributed by atoms with Crippen LogP contribution in [0.2, 0.25) is 5.02 Å². The molecule has 0 heterocycles. The van der Waals surface area contributed by atoms with Gasteiger partial charge in [-0.2, -0.15) is 0 Å². The molecule has 0 aliphatic carbocycles. The number of sulfonamides is 1. The van der Waals surface area contributed by atoms with E-state index in [1.807, 2.05) is 0 Å². The molecule has 4 nitrogen and oxygen atoms in total. The van der Waals surface area contributed by atoms with Crippen LogP contribution >= 0.6 is 11.6 Å². The molecule has 0 radical (unpaired) electrons. The number of benzene rings is 1. The molecule has 1 rings (SSSR count). The predicted molar refractivity (Wildman–Crippen MR) is 61.2 cm³/mol. The van der Waals surface area contributed by atoms with E-state index in [9.17, 15) is 8.42 Å². The van der Waals surface area contributed by atoms with Gasteiger partial charge in [0, 0.05) is 11.6 Å². The Morgan fingerprint density at radius 1 is 1.53 bits per heavy atom. The predicted octanol–water partition coefficient (Wildman–Crippen LogP) is 1.39. The van der Waals surface area contributed by atoms with E-state index < -0.39 is 10.0 Å². The van der Waals surface area contributed by atoms with Crippen molar-refractivity contribution in [1.82, 2.24) is 4.72 Å². The molecule has 0 aromatic heterocycles. The van der Waals surface area contributed by atoms with Gasteiger partial charge in [0.2, 0.25) is 10.0 Å². The second-order valence-corrected chi connectivity index (χ2v) is 4.99. The summed E-state index contributed by atoms with van der Waals surface area (Å²) in [5.41, 5.74) is 5.67. The van der Waals surface area contributed by atoms with E-state index in [1.54, 1.807) is 0 Å². The first kappa shape index (κ1) is 12.0. The lowest BCUT2D eigenvalue weighted by Crippen LogP contribution is -2.24. The van der Waals surface area contributed by atoms with Crippen molar-refractivity contribution in [2.24, 2.45) is 0 Å². The van der Waals surface area contributed by atoms with Crippen LogP contribution in [0.4, 0.5) is 5.69 Å². The molecule has 0 atom stereocenters. The molecule has 15 heavy (non-hydrogen) atoms. The van der Waals surface area contributed by atoms with Gasteiger partial charge < -0.3 is 5.73 Å². The monoisotopic (exact) mass is 246 g/mol. The molecule has 0 bridgehead atoms. The third-order valence-corrected chi connectivity index (χ3v) is 3.41. The van der Waals surface area contributed by atoms with Crippen molar-refractivity contribution in [2.75, 3.05) is 12.3 Å². The van der Waals surface area contributed by atoms with Crippen molar-refractivity contribution in [1.29, 1.82) is 0 Å². The molecular formula is C9H11ClN2O2S. The molecule has 0 aliphatic rings. The van der Waals surface area contributed by atoms with Gasteiger partial charge in [0.25, 0.3) is 0 Å². The largest absolute Gasteiger partial charge is 0.398 e. The summed E-state index contributed by atoms with van der Waals surface area (Å²) >= 11 is 5.66. The normalized spacial score (nSPS) is 11.3. The quantitative estimate of drug-likeness (QED) is 0.623. The number of rotatable bonds is 4. The highest BCUT2D eigenvalue weighted by Gasteiger charge is 2.15. The van der Waals surface area contributed by atoms with Crippen LogP contribution in [0.1, 0.15) is 0 Å². The number of nitrogens with one attached hydrogen (secondary N) is 1. The summed E-state index contributed by atoms with van der Waals surface area (Å²) in [5, 5.41) is 0.398. The number of nitrogen functional groups attached to an aromatic ring is 1. The van der Waals surface area contributed by atoms with Crippen molar-refractivity contribution in [3.8, 4) is 0 Å². The minimum Gasteiger partial charge on any atom is -0.398 e. The fraction of sp³-hybridized carbons (Fsp3) is 0.111. The lowest BCUT2D eigenvalue weighted by atomic mass is 10.3. The lowest BCUT2D eigenvalue weighted by molar-refractivity contribution is 0.586. The van der Waals surface area contributed by atoms with Crippen LogP contribution in [0, 0.1) is 0 Å². The van der Waals surface area contributed by atoms with Crippen LogP contribution in [0.25, 0.3) is 0 Å². The zero-order chi connectivity index (χ0) is 11.5. The number of halogens is 1. The van der Waals surface area contributed by atoms with Crippen LogP contribution in [-0.4, -0.2) is 15.0 Å². The Morgan fingerprint density at radius 3 is 2.73 bits per heavy atom. The Hall–Kier alpha value is -1.04. The fourth-order valence-electron chi connectivity index (χ4n) is 1.01. The van der Waals surface area contributed by atoms with Crippen molar-refractivity contribution >= 4 is 27.3 Å². The van der Waals surface area contributed by atoms with Crippen molar-refractivity contribution < 1.29 is 8.42 Å². The van der Waals surface area contributed by atoms with Gasteiger partial charge >= 0.3 is 0 Å². The first-order valence-corrected chi connectivity index (χ1v) is 5.99. The maximum absolute atomic E-state index is 11.6. The van der Waals surface area contributed by atoms with E-state index in [0.717, 1.165) is 0 Å². The van der Waals surface area contributed by atoms with Crippen molar-refractivity contribution in [3.63, 3.8) is 0 Å². The molecule has 82 valence electrons. The van der Waals surface area contributed by atoms with Gasteiger partial charge in [0.15, 0.2) is 0 Å². The molecule has 1 aromatic rings. The summed E-state index contributed by atoms with van der Waals surface area (Å²) in [6.07, 6.45) is 1.45. The lowest BCUT2D eigenvalue weighted by Gasteiger charge is -2.07. The minimum atomic E-state index is -3.57. The maximum atomic E-state index is 11.6. The van der Waals surface area contributed by atoms with E-state index in [2.05, 4.69) is 11.3 Å². The molecule has 3 N–H and O–H groups in total. The van der Waals surface area contributed by atoms with Crippen LogP contribution < -0.4 is 10.5 Å². The average Bonchev–Trinajstić information content (AvgIpc) is 2.14. The standard InChI is InChI=1S/C9H11ClN2O2S/c1-2-5-12-15(13,14)9-4-3-7(10)6-8(9)11/h2-4,6,12H,1,5,11H2. The molecule has 0 unspecified atom stereocenters. The fourth-order valence-corrected chi connectivity index (χ4v) is 2.30.